The summed E-state index contributed by atoms with van der Waals surface area (Å²) in [4.78, 5) is 0. The van der Waals surface area contributed by atoms with Crippen LogP contribution in [0.5, 0.6) is 0 Å². The first kappa shape index (κ1) is 25.7. The number of hydrogen-bond acceptors (Lipinski definition) is 0. The van der Waals surface area contributed by atoms with Crippen LogP contribution in [0.25, 0.3) is 43.7 Å². The van der Waals surface area contributed by atoms with Crippen LogP contribution in [0, 0.1) is 0 Å². The zero-order chi connectivity index (χ0) is 24.6. The molecule has 0 saturated carbocycles. The van der Waals surface area contributed by atoms with E-state index in [0.29, 0.717) is 0 Å². The van der Waals surface area contributed by atoms with Crippen LogP contribution in [-0.4, -0.2) is 4.57 Å². The van der Waals surface area contributed by atoms with E-state index in [2.05, 4.69) is 121 Å². The Kier molecular flexibility index (Phi) is 9.21. The molecule has 4 heteroatoms. The Balaban J connectivity index is 0.000000202. The van der Waals surface area contributed by atoms with Crippen molar-refractivity contribution in [3.05, 3.63) is 121 Å². The van der Waals surface area contributed by atoms with Crippen LogP contribution in [0.3, 0.4) is 0 Å². The molecule has 6 rings (SSSR count). The first-order valence-electron chi connectivity index (χ1n) is 11.6. The molecule has 5 aromatic carbocycles. The molecule has 0 unspecified atom stereocenters. The summed E-state index contributed by atoms with van der Waals surface area (Å²) in [6, 6.07) is 36.9. The van der Waals surface area contributed by atoms with Crippen molar-refractivity contribution in [2.24, 2.45) is 7.05 Å². The van der Waals surface area contributed by atoms with Gasteiger partial charge in [-0.15, -0.1) is 35.6 Å². The Morgan fingerprint density at radius 1 is 0.886 bits per heavy atom. The number of benzene rings is 3. The monoisotopic (exact) mass is 573 g/mol. The first-order chi connectivity index (χ1) is 17.2. The fourth-order valence-electron chi connectivity index (χ4n) is 4.60. The molecule has 0 aliphatic heterocycles. The van der Waals surface area contributed by atoms with E-state index in [9.17, 15) is 0 Å². The van der Waals surface area contributed by atoms with Gasteiger partial charge in [0.2, 0.25) is 0 Å². The molecule has 0 amide bonds. The third-order valence-corrected chi connectivity index (χ3v) is 6.27. The number of fused-ring (bicyclic) bond motifs is 4. The summed E-state index contributed by atoms with van der Waals surface area (Å²) < 4.78 is 2.28. The molecule has 0 aliphatic carbocycles. The van der Waals surface area contributed by atoms with Crippen molar-refractivity contribution in [3.8, 4) is 11.1 Å². The molecule has 0 saturated heterocycles. The molecule has 0 N–H and O–H groups in total. The van der Waals surface area contributed by atoms with E-state index in [1.807, 2.05) is 6.08 Å². The average Bonchev–Trinajstić information content (AvgIpc) is 3.64. The Bertz CT molecular complexity index is 1520. The predicted octanol–water partition coefficient (Wildman–Crippen LogP) is 9.77. The van der Waals surface area contributed by atoms with Gasteiger partial charge >= 0.3 is 37.9 Å². The SMILES string of the molecule is C=CCCc1cc[cH-]c1.Cn1c2ccccc2c2cc(-c3cccc4[cH-]ccc34)ccc21.[Cl][Zr+2][Cl]. The Morgan fingerprint density at radius 3 is 2.46 bits per heavy atom. The number of hydrogen-bond donors (Lipinski definition) is 0. The van der Waals surface area contributed by atoms with Gasteiger partial charge in [-0.1, -0.05) is 48.4 Å². The maximum atomic E-state index is 4.93. The summed E-state index contributed by atoms with van der Waals surface area (Å²) in [5, 5.41) is 5.28. The van der Waals surface area contributed by atoms with Gasteiger partial charge < -0.3 is 4.57 Å². The van der Waals surface area contributed by atoms with E-state index in [1.54, 1.807) is 0 Å². The van der Waals surface area contributed by atoms with Crippen LogP contribution in [0.1, 0.15) is 12.0 Å². The van der Waals surface area contributed by atoms with Gasteiger partial charge in [0.25, 0.3) is 0 Å². The molecule has 1 aromatic heterocycles. The summed E-state index contributed by atoms with van der Waals surface area (Å²) >= 11 is -0.826. The van der Waals surface area contributed by atoms with Gasteiger partial charge in [0.05, 0.1) is 0 Å². The van der Waals surface area contributed by atoms with E-state index in [0.717, 1.165) is 12.8 Å². The summed E-state index contributed by atoms with van der Waals surface area (Å²) in [5.41, 5.74) is 6.57. The number of nitrogens with zero attached hydrogens (tertiary/aromatic N) is 1. The summed E-state index contributed by atoms with van der Waals surface area (Å²) in [7, 11) is 12.0. The summed E-state index contributed by atoms with van der Waals surface area (Å²) in [6.45, 7) is 3.66. The molecule has 0 radical (unpaired) electrons. The maximum absolute atomic E-state index is 4.93. The first-order valence-corrected chi connectivity index (χ1v) is 17.9. The topological polar surface area (TPSA) is 4.93 Å². The van der Waals surface area contributed by atoms with Crippen LogP contribution in [0.4, 0.5) is 0 Å². The minimum atomic E-state index is -0.826. The van der Waals surface area contributed by atoms with E-state index < -0.39 is 20.8 Å². The van der Waals surface area contributed by atoms with Crippen molar-refractivity contribution < 1.29 is 20.8 Å². The van der Waals surface area contributed by atoms with Crippen molar-refractivity contribution >= 4 is 49.6 Å². The molecule has 0 bridgehead atoms. The zero-order valence-corrected chi connectivity index (χ0v) is 23.7. The van der Waals surface area contributed by atoms with Crippen LogP contribution in [0.15, 0.2) is 116 Å². The normalized spacial score (nSPS) is 10.4. The van der Waals surface area contributed by atoms with Crippen molar-refractivity contribution in [3.63, 3.8) is 0 Å². The average molecular weight is 576 g/mol. The van der Waals surface area contributed by atoms with Crippen molar-refractivity contribution in [1.29, 1.82) is 0 Å². The molecule has 1 heterocycles. The van der Waals surface area contributed by atoms with E-state index >= 15 is 0 Å². The molecule has 0 atom stereocenters. The molecule has 1 nitrogen and oxygen atoms in total. The fraction of sp³-hybridized carbons (Fsp3) is 0.0968. The van der Waals surface area contributed by atoms with Gasteiger partial charge in [-0.25, -0.2) is 6.07 Å². The van der Waals surface area contributed by atoms with E-state index in [-0.39, 0.29) is 0 Å². The number of aryl methyl sites for hydroxylation is 2. The van der Waals surface area contributed by atoms with E-state index in [4.69, 9.17) is 17.0 Å². The van der Waals surface area contributed by atoms with Crippen molar-refractivity contribution in [2.45, 2.75) is 12.8 Å². The van der Waals surface area contributed by atoms with Gasteiger partial charge in [0.15, 0.2) is 0 Å². The molecule has 0 fully saturated rings. The molecule has 0 aliphatic rings. The van der Waals surface area contributed by atoms with Crippen molar-refractivity contribution in [2.75, 3.05) is 0 Å². The predicted molar refractivity (Wildman–Crippen MR) is 151 cm³/mol. The molecule has 35 heavy (non-hydrogen) atoms. The van der Waals surface area contributed by atoms with Crippen LogP contribution in [0.2, 0.25) is 0 Å². The van der Waals surface area contributed by atoms with Crippen molar-refractivity contribution in [1.82, 2.24) is 4.57 Å². The molecular formula is C31H27Cl2NZr. The van der Waals surface area contributed by atoms with Gasteiger partial charge in [-0.05, 0) is 30.2 Å². The van der Waals surface area contributed by atoms with Gasteiger partial charge in [0.1, 0.15) is 0 Å². The summed E-state index contributed by atoms with van der Waals surface area (Å²) in [6.07, 6.45) is 4.17. The standard InChI is InChI=1S/C22H16N.C9H11.2ClH.Zr/c1-23-21-11-3-2-8-19(21)20-14-16(12-13-22(20)23)18-10-5-7-15-6-4-9-17(15)18;1-2-3-6-9-7-4-5-8-9;;;/h2-14H,1H3;2,4-5,7-8H,1,3,6H2;2*1H;/q2*-1;;;+4/p-2. The Hall–Kier alpha value is -2.38. The Morgan fingerprint density at radius 2 is 1.69 bits per heavy atom. The number of halogens is 2. The second-order valence-electron chi connectivity index (χ2n) is 8.33. The number of allylic oxidation sites excluding steroid dienone is 1. The minimum absolute atomic E-state index is 0.826. The molecule has 0 spiro atoms. The third kappa shape index (κ3) is 5.89. The number of rotatable bonds is 4. The third-order valence-electron chi connectivity index (χ3n) is 6.27. The van der Waals surface area contributed by atoms with Crippen LogP contribution >= 0.6 is 17.0 Å². The van der Waals surface area contributed by atoms with Gasteiger partial charge in [-0.3, -0.25) is 0 Å². The molecular weight excluding hydrogens is 548 g/mol. The number of para-hydroxylation sites is 1. The number of aromatic nitrogens is 1. The van der Waals surface area contributed by atoms with Crippen LogP contribution < -0.4 is 0 Å². The summed E-state index contributed by atoms with van der Waals surface area (Å²) in [5.74, 6) is 0. The fourth-order valence-corrected chi connectivity index (χ4v) is 4.60. The Labute approximate surface area is 226 Å². The molecule has 174 valence electrons. The zero-order valence-electron chi connectivity index (χ0n) is 19.7. The van der Waals surface area contributed by atoms with Crippen LogP contribution in [-0.2, 0) is 34.3 Å². The quantitative estimate of drug-likeness (QED) is 0.146. The second kappa shape index (κ2) is 12.5. The second-order valence-corrected chi connectivity index (χ2v) is 12.1. The van der Waals surface area contributed by atoms with Gasteiger partial charge in [0, 0.05) is 28.9 Å². The van der Waals surface area contributed by atoms with E-state index in [1.165, 1.54) is 49.3 Å². The van der Waals surface area contributed by atoms with Gasteiger partial charge in [-0.2, -0.15) is 35.9 Å². The molecule has 6 aromatic rings.